The summed E-state index contributed by atoms with van der Waals surface area (Å²) in [6.45, 7) is 3.46. The lowest BCUT2D eigenvalue weighted by molar-refractivity contribution is -0.133. The SMILES string of the molecule is COc1ccc(NC(=O)CCC2CCCN(C(=O)CCCc3ccc(F)cc3)C2)c(C)c1. The molecule has 1 aliphatic rings. The standard InChI is InChI=1S/C26H33FN2O3/c1-19-17-23(32-2)13-14-24(19)28-25(30)15-10-21-6-4-16-29(18-21)26(31)7-3-5-20-8-11-22(27)12-9-20/h8-9,11-14,17,21H,3-7,10,15-16,18H2,1-2H3,(H,28,30). The maximum Gasteiger partial charge on any atom is 0.224 e. The summed E-state index contributed by atoms with van der Waals surface area (Å²) in [7, 11) is 1.62. The lowest BCUT2D eigenvalue weighted by atomic mass is 9.93. The Morgan fingerprint density at radius 2 is 1.94 bits per heavy atom. The van der Waals surface area contributed by atoms with E-state index in [0.717, 1.165) is 67.8 Å². The zero-order valence-electron chi connectivity index (χ0n) is 19.0. The maximum absolute atomic E-state index is 13.0. The van der Waals surface area contributed by atoms with E-state index in [1.807, 2.05) is 30.0 Å². The summed E-state index contributed by atoms with van der Waals surface area (Å²) in [5.41, 5.74) is 2.82. The quantitative estimate of drug-likeness (QED) is 0.589. The van der Waals surface area contributed by atoms with Gasteiger partial charge in [0.1, 0.15) is 11.6 Å². The zero-order chi connectivity index (χ0) is 22.9. The van der Waals surface area contributed by atoms with Crippen LogP contribution in [0.15, 0.2) is 42.5 Å². The number of rotatable bonds is 9. The van der Waals surface area contributed by atoms with E-state index in [4.69, 9.17) is 4.74 Å². The van der Waals surface area contributed by atoms with Gasteiger partial charge >= 0.3 is 0 Å². The minimum absolute atomic E-state index is 0.000940. The van der Waals surface area contributed by atoms with Crippen LogP contribution in [0, 0.1) is 18.7 Å². The maximum atomic E-state index is 13.0. The Balaban J connectivity index is 1.39. The molecule has 0 bridgehead atoms. The van der Waals surface area contributed by atoms with E-state index >= 15 is 0 Å². The smallest absolute Gasteiger partial charge is 0.224 e. The summed E-state index contributed by atoms with van der Waals surface area (Å²) < 4.78 is 18.2. The fourth-order valence-corrected chi connectivity index (χ4v) is 4.23. The molecule has 0 aromatic heterocycles. The molecule has 32 heavy (non-hydrogen) atoms. The van der Waals surface area contributed by atoms with Crippen molar-refractivity contribution in [1.82, 2.24) is 4.90 Å². The Morgan fingerprint density at radius 3 is 2.66 bits per heavy atom. The summed E-state index contributed by atoms with van der Waals surface area (Å²) in [4.78, 5) is 27.0. The monoisotopic (exact) mass is 440 g/mol. The second-order valence-electron chi connectivity index (χ2n) is 8.60. The fraction of sp³-hybridized carbons (Fsp3) is 0.462. The molecule has 3 rings (SSSR count). The van der Waals surface area contributed by atoms with Crippen LogP contribution in [0.25, 0.3) is 0 Å². The molecule has 6 heteroatoms. The van der Waals surface area contributed by atoms with Crippen molar-refractivity contribution in [3.8, 4) is 5.75 Å². The minimum atomic E-state index is -0.239. The molecular weight excluding hydrogens is 407 g/mol. The number of nitrogens with one attached hydrogen (secondary N) is 1. The third kappa shape index (κ3) is 7.08. The van der Waals surface area contributed by atoms with E-state index in [-0.39, 0.29) is 17.6 Å². The van der Waals surface area contributed by atoms with E-state index in [2.05, 4.69) is 5.32 Å². The first-order valence-corrected chi connectivity index (χ1v) is 11.4. The number of hydrogen-bond acceptors (Lipinski definition) is 3. The van der Waals surface area contributed by atoms with Gasteiger partial charge in [0, 0.05) is 31.6 Å². The van der Waals surface area contributed by atoms with Crippen molar-refractivity contribution in [3.63, 3.8) is 0 Å². The molecule has 0 aliphatic carbocycles. The van der Waals surface area contributed by atoms with Crippen LogP contribution in [0.4, 0.5) is 10.1 Å². The van der Waals surface area contributed by atoms with Gasteiger partial charge in [-0.05, 0) is 86.4 Å². The Hall–Kier alpha value is -2.89. The van der Waals surface area contributed by atoms with E-state index in [9.17, 15) is 14.0 Å². The Labute approximate surface area is 190 Å². The number of aryl methyl sites for hydroxylation is 2. The number of likely N-dealkylation sites (tertiary alicyclic amines) is 1. The van der Waals surface area contributed by atoms with Gasteiger partial charge in [0.25, 0.3) is 0 Å². The topological polar surface area (TPSA) is 58.6 Å². The van der Waals surface area contributed by atoms with E-state index in [1.165, 1.54) is 12.1 Å². The van der Waals surface area contributed by atoms with Crippen molar-refractivity contribution in [3.05, 3.63) is 59.4 Å². The van der Waals surface area contributed by atoms with Crippen molar-refractivity contribution in [1.29, 1.82) is 0 Å². The van der Waals surface area contributed by atoms with Gasteiger partial charge in [-0.15, -0.1) is 0 Å². The molecule has 5 nitrogen and oxygen atoms in total. The molecule has 2 amide bonds. The fourth-order valence-electron chi connectivity index (χ4n) is 4.23. The van der Waals surface area contributed by atoms with E-state index < -0.39 is 0 Å². The van der Waals surface area contributed by atoms with Crippen molar-refractivity contribution in [2.75, 3.05) is 25.5 Å². The number of anilines is 1. The number of hydrogen-bond donors (Lipinski definition) is 1. The number of ether oxygens (including phenoxy) is 1. The highest BCUT2D eigenvalue weighted by Gasteiger charge is 2.23. The number of halogens is 1. The van der Waals surface area contributed by atoms with Gasteiger partial charge in [-0.3, -0.25) is 9.59 Å². The number of amides is 2. The summed E-state index contributed by atoms with van der Waals surface area (Å²) in [6, 6.07) is 12.1. The first kappa shape index (κ1) is 23.8. The molecule has 2 aromatic carbocycles. The molecule has 1 N–H and O–H groups in total. The molecule has 1 atom stereocenters. The normalized spacial score (nSPS) is 16.0. The number of piperidine rings is 1. The number of benzene rings is 2. The van der Waals surface area contributed by atoms with Crippen LogP contribution in [-0.2, 0) is 16.0 Å². The molecule has 172 valence electrons. The molecule has 0 radical (unpaired) electrons. The van der Waals surface area contributed by atoms with Crippen molar-refractivity contribution in [2.45, 2.75) is 51.9 Å². The predicted octanol–water partition coefficient (Wildman–Crippen LogP) is 5.12. The number of carbonyl (C=O) groups is 2. The summed E-state index contributed by atoms with van der Waals surface area (Å²) in [6.07, 6.45) is 5.29. The lowest BCUT2D eigenvalue weighted by Crippen LogP contribution is -2.40. The molecule has 1 heterocycles. The van der Waals surface area contributed by atoms with Gasteiger partial charge in [-0.2, -0.15) is 0 Å². The molecule has 2 aromatic rings. The second kappa shape index (κ2) is 11.7. The zero-order valence-corrected chi connectivity index (χ0v) is 19.0. The average molecular weight is 441 g/mol. The van der Waals surface area contributed by atoms with Crippen LogP contribution in [-0.4, -0.2) is 36.9 Å². The number of nitrogens with zero attached hydrogens (tertiary/aromatic N) is 1. The highest BCUT2D eigenvalue weighted by molar-refractivity contribution is 5.91. The van der Waals surface area contributed by atoms with Crippen LogP contribution < -0.4 is 10.1 Å². The molecule has 0 saturated carbocycles. The minimum Gasteiger partial charge on any atom is -0.497 e. The molecular formula is C26H33FN2O3. The second-order valence-corrected chi connectivity index (χ2v) is 8.60. The first-order valence-electron chi connectivity index (χ1n) is 11.4. The van der Waals surface area contributed by atoms with Crippen molar-refractivity contribution < 1.29 is 18.7 Å². The highest BCUT2D eigenvalue weighted by atomic mass is 19.1. The average Bonchev–Trinajstić information content (AvgIpc) is 2.80. The van der Waals surface area contributed by atoms with Gasteiger partial charge in [0.15, 0.2) is 0 Å². The van der Waals surface area contributed by atoms with Crippen molar-refractivity contribution in [2.24, 2.45) is 5.92 Å². The highest BCUT2D eigenvalue weighted by Crippen LogP contribution is 2.24. The number of methoxy groups -OCH3 is 1. The lowest BCUT2D eigenvalue weighted by Gasteiger charge is -2.33. The third-order valence-electron chi connectivity index (χ3n) is 6.13. The van der Waals surface area contributed by atoms with E-state index in [0.29, 0.717) is 18.8 Å². The summed E-state index contributed by atoms with van der Waals surface area (Å²) in [5.74, 6) is 1.06. The third-order valence-corrected chi connectivity index (χ3v) is 6.13. The summed E-state index contributed by atoms with van der Waals surface area (Å²) in [5, 5.41) is 2.98. The van der Waals surface area contributed by atoms with E-state index in [1.54, 1.807) is 19.2 Å². The van der Waals surface area contributed by atoms with Crippen molar-refractivity contribution >= 4 is 17.5 Å². The molecule has 1 saturated heterocycles. The Bertz CT molecular complexity index is 914. The van der Waals surface area contributed by atoms with Crippen LogP contribution in [0.1, 0.15) is 49.7 Å². The van der Waals surface area contributed by atoms with Crippen LogP contribution in [0.3, 0.4) is 0 Å². The Morgan fingerprint density at radius 1 is 1.16 bits per heavy atom. The molecule has 0 spiro atoms. The van der Waals surface area contributed by atoms with Gasteiger partial charge in [0.05, 0.1) is 7.11 Å². The first-order chi connectivity index (χ1) is 15.4. The van der Waals surface area contributed by atoms with Gasteiger partial charge < -0.3 is 15.0 Å². The largest absolute Gasteiger partial charge is 0.497 e. The van der Waals surface area contributed by atoms with Gasteiger partial charge in [0.2, 0.25) is 11.8 Å². The Kier molecular flexibility index (Phi) is 8.65. The molecule has 1 aliphatic heterocycles. The summed E-state index contributed by atoms with van der Waals surface area (Å²) >= 11 is 0. The van der Waals surface area contributed by atoms with Gasteiger partial charge in [-0.25, -0.2) is 4.39 Å². The number of carbonyl (C=O) groups excluding carboxylic acids is 2. The predicted molar refractivity (Wildman–Crippen MR) is 124 cm³/mol. The molecule has 1 unspecified atom stereocenters. The van der Waals surface area contributed by atoms with Crippen LogP contribution in [0.2, 0.25) is 0 Å². The van der Waals surface area contributed by atoms with Crippen LogP contribution >= 0.6 is 0 Å². The van der Waals surface area contributed by atoms with Crippen LogP contribution in [0.5, 0.6) is 5.75 Å². The van der Waals surface area contributed by atoms with Gasteiger partial charge in [-0.1, -0.05) is 12.1 Å². The molecule has 1 fully saturated rings.